The van der Waals surface area contributed by atoms with Gasteiger partial charge in [-0.3, -0.25) is 9.69 Å². The van der Waals surface area contributed by atoms with Gasteiger partial charge in [0.1, 0.15) is 0 Å². The van der Waals surface area contributed by atoms with Gasteiger partial charge in [-0.1, -0.05) is 5.16 Å². The van der Waals surface area contributed by atoms with Gasteiger partial charge < -0.3 is 14.5 Å². The van der Waals surface area contributed by atoms with E-state index >= 15 is 0 Å². The van der Waals surface area contributed by atoms with Crippen molar-refractivity contribution in [3.63, 3.8) is 0 Å². The predicted octanol–water partition coefficient (Wildman–Crippen LogP) is 1.55. The van der Waals surface area contributed by atoms with Crippen molar-refractivity contribution >= 4 is 17.0 Å². The number of nitrogens with zero attached hydrogens (tertiary/aromatic N) is 4. The van der Waals surface area contributed by atoms with Gasteiger partial charge in [0.2, 0.25) is 0 Å². The van der Waals surface area contributed by atoms with Crippen LogP contribution >= 0.6 is 0 Å². The second-order valence-corrected chi connectivity index (χ2v) is 7.28. The minimum atomic E-state index is -0.345. The van der Waals surface area contributed by atoms with E-state index in [1.807, 2.05) is 17.9 Å². The van der Waals surface area contributed by atoms with Crippen LogP contribution in [0.3, 0.4) is 0 Å². The number of aliphatic hydroxyl groups excluding tert-OH is 1. The summed E-state index contributed by atoms with van der Waals surface area (Å²) in [5.74, 6) is 0.428. The third-order valence-corrected chi connectivity index (χ3v) is 4.98. The number of aryl methyl sites for hydroxylation is 1. The number of aliphatic hydroxyl groups is 1. The number of β-amino-alcohol motifs (C(OH)–C–C–N with tert-alkyl or cyclic N) is 1. The lowest BCUT2D eigenvalue weighted by atomic mass is 10.1. The first-order valence-electron chi connectivity index (χ1n) is 8.99. The third-order valence-electron chi connectivity index (χ3n) is 4.98. The van der Waals surface area contributed by atoms with Crippen LogP contribution in [0.5, 0.6) is 0 Å². The first-order valence-corrected chi connectivity index (χ1v) is 8.99. The number of amides is 1. The minimum Gasteiger partial charge on any atom is -0.392 e. The van der Waals surface area contributed by atoms with Crippen LogP contribution in [0, 0.1) is 6.92 Å². The van der Waals surface area contributed by atoms with E-state index in [-0.39, 0.29) is 12.0 Å². The number of hydrogen-bond donors (Lipinski definition) is 1. The SMILES string of the molecule is Cc1cc(C(=O)N2CCN(C[C@H](C)O)CC2)c2c(C3CC3)noc2n1. The largest absolute Gasteiger partial charge is 0.392 e. The van der Waals surface area contributed by atoms with Gasteiger partial charge in [-0.2, -0.15) is 0 Å². The highest BCUT2D eigenvalue weighted by molar-refractivity contribution is 6.06. The molecule has 1 saturated carbocycles. The molecule has 2 aromatic heterocycles. The molecule has 1 saturated heterocycles. The number of hydrogen-bond acceptors (Lipinski definition) is 6. The molecule has 1 aliphatic carbocycles. The van der Waals surface area contributed by atoms with Crippen molar-refractivity contribution in [2.75, 3.05) is 32.7 Å². The molecule has 2 fully saturated rings. The molecule has 1 aliphatic heterocycles. The van der Waals surface area contributed by atoms with Crippen molar-refractivity contribution in [3.8, 4) is 0 Å². The molecular formula is C18H24N4O3. The fourth-order valence-electron chi connectivity index (χ4n) is 3.58. The molecule has 1 amide bonds. The van der Waals surface area contributed by atoms with Crippen molar-refractivity contribution < 1.29 is 14.4 Å². The molecule has 1 atom stereocenters. The summed E-state index contributed by atoms with van der Waals surface area (Å²) in [4.78, 5) is 21.6. The molecule has 0 spiro atoms. The Kier molecular flexibility index (Phi) is 4.21. The molecule has 3 heterocycles. The lowest BCUT2D eigenvalue weighted by Gasteiger charge is -2.35. The summed E-state index contributed by atoms with van der Waals surface area (Å²) in [6.07, 6.45) is 1.85. The summed E-state index contributed by atoms with van der Waals surface area (Å²) in [5, 5.41) is 14.5. The summed E-state index contributed by atoms with van der Waals surface area (Å²) in [6, 6.07) is 1.86. The van der Waals surface area contributed by atoms with E-state index in [0.717, 1.165) is 42.7 Å². The van der Waals surface area contributed by atoms with Gasteiger partial charge >= 0.3 is 0 Å². The highest BCUT2D eigenvalue weighted by atomic mass is 16.5. The normalized spacial score (nSPS) is 20.2. The van der Waals surface area contributed by atoms with Crippen molar-refractivity contribution in [1.82, 2.24) is 19.9 Å². The summed E-state index contributed by atoms with van der Waals surface area (Å²) in [5.41, 5.74) is 2.79. The Morgan fingerprint density at radius 1 is 1.36 bits per heavy atom. The van der Waals surface area contributed by atoms with Crippen molar-refractivity contribution in [1.29, 1.82) is 0 Å². The standard InChI is InChI=1S/C18H24N4O3/c1-11-9-14(15-16(13-3-4-13)20-25-17(15)19-11)18(24)22-7-5-21(6-8-22)10-12(2)23/h9,12-13,23H,3-8,10H2,1-2H3/t12-/m0/s1. The molecule has 0 radical (unpaired) electrons. The van der Waals surface area contributed by atoms with Crippen LogP contribution in [0.4, 0.5) is 0 Å². The Hall–Kier alpha value is -1.99. The van der Waals surface area contributed by atoms with Crippen LogP contribution in [0.2, 0.25) is 0 Å². The minimum absolute atomic E-state index is 0.0253. The Morgan fingerprint density at radius 2 is 2.08 bits per heavy atom. The average molecular weight is 344 g/mol. The van der Waals surface area contributed by atoms with Gasteiger partial charge in [-0.15, -0.1) is 0 Å². The molecule has 4 rings (SSSR count). The molecule has 0 unspecified atom stereocenters. The van der Waals surface area contributed by atoms with Crippen LogP contribution < -0.4 is 0 Å². The van der Waals surface area contributed by atoms with Crippen molar-refractivity contribution in [3.05, 3.63) is 23.0 Å². The van der Waals surface area contributed by atoms with E-state index in [4.69, 9.17) is 4.52 Å². The Bertz CT molecular complexity index is 789. The highest BCUT2D eigenvalue weighted by Crippen LogP contribution is 2.43. The number of carbonyl (C=O) groups excluding carboxylic acids is 1. The number of rotatable bonds is 4. The number of pyridine rings is 1. The Balaban J connectivity index is 1.59. The number of piperazine rings is 1. The van der Waals surface area contributed by atoms with Gasteiger partial charge in [-0.05, 0) is 32.8 Å². The Labute approximate surface area is 146 Å². The van der Waals surface area contributed by atoms with Crippen LogP contribution in [0.25, 0.3) is 11.1 Å². The molecule has 25 heavy (non-hydrogen) atoms. The van der Waals surface area contributed by atoms with Crippen molar-refractivity contribution in [2.24, 2.45) is 0 Å². The topological polar surface area (TPSA) is 82.7 Å². The molecule has 2 aliphatic rings. The predicted molar refractivity (Wildman–Crippen MR) is 92.5 cm³/mol. The Morgan fingerprint density at radius 3 is 2.72 bits per heavy atom. The van der Waals surface area contributed by atoms with Gasteiger partial charge in [0, 0.05) is 44.3 Å². The zero-order valence-electron chi connectivity index (χ0n) is 14.7. The number of fused-ring (bicyclic) bond motifs is 1. The lowest BCUT2D eigenvalue weighted by Crippen LogP contribution is -2.50. The second-order valence-electron chi connectivity index (χ2n) is 7.28. The van der Waals surface area contributed by atoms with Crippen LogP contribution in [-0.2, 0) is 0 Å². The van der Waals surface area contributed by atoms with E-state index in [2.05, 4.69) is 15.0 Å². The van der Waals surface area contributed by atoms with E-state index in [1.165, 1.54) is 0 Å². The monoisotopic (exact) mass is 344 g/mol. The lowest BCUT2D eigenvalue weighted by molar-refractivity contribution is 0.0555. The van der Waals surface area contributed by atoms with Gasteiger partial charge in [0.25, 0.3) is 11.6 Å². The zero-order valence-corrected chi connectivity index (χ0v) is 14.7. The van der Waals surface area contributed by atoms with Crippen LogP contribution in [-0.4, -0.2) is 69.8 Å². The van der Waals surface area contributed by atoms with Crippen LogP contribution in [0.1, 0.15) is 47.4 Å². The summed E-state index contributed by atoms with van der Waals surface area (Å²) in [6.45, 7) is 7.20. The molecule has 1 N–H and O–H groups in total. The quantitative estimate of drug-likeness (QED) is 0.906. The van der Waals surface area contributed by atoms with E-state index in [1.54, 1.807) is 6.92 Å². The van der Waals surface area contributed by atoms with Gasteiger partial charge in [-0.25, -0.2) is 4.98 Å². The van der Waals surface area contributed by atoms with E-state index in [0.29, 0.717) is 36.8 Å². The molecule has 134 valence electrons. The van der Waals surface area contributed by atoms with E-state index in [9.17, 15) is 9.90 Å². The van der Waals surface area contributed by atoms with Crippen LogP contribution in [0.15, 0.2) is 10.6 Å². The smallest absolute Gasteiger partial charge is 0.259 e. The molecule has 7 nitrogen and oxygen atoms in total. The fraction of sp³-hybridized carbons (Fsp3) is 0.611. The first kappa shape index (κ1) is 16.5. The maximum Gasteiger partial charge on any atom is 0.259 e. The summed E-state index contributed by atoms with van der Waals surface area (Å²) < 4.78 is 5.40. The molecule has 2 aromatic rings. The highest BCUT2D eigenvalue weighted by Gasteiger charge is 2.33. The van der Waals surface area contributed by atoms with Gasteiger partial charge in [0.05, 0.1) is 22.7 Å². The fourth-order valence-corrected chi connectivity index (χ4v) is 3.58. The first-order chi connectivity index (χ1) is 12.0. The van der Waals surface area contributed by atoms with E-state index < -0.39 is 0 Å². The maximum atomic E-state index is 13.1. The number of aromatic nitrogens is 2. The van der Waals surface area contributed by atoms with Gasteiger partial charge in [0.15, 0.2) is 0 Å². The molecule has 0 bridgehead atoms. The zero-order chi connectivity index (χ0) is 17.6. The van der Waals surface area contributed by atoms with Crippen molar-refractivity contribution in [2.45, 2.75) is 38.7 Å². The third kappa shape index (κ3) is 3.26. The summed E-state index contributed by atoms with van der Waals surface area (Å²) >= 11 is 0. The number of carbonyl (C=O) groups is 1. The maximum absolute atomic E-state index is 13.1. The average Bonchev–Trinajstić information content (AvgIpc) is 3.33. The molecular weight excluding hydrogens is 320 g/mol. The molecule has 7 heteroatoms. The molecule has 0 aromatic carbocycles. The summed E-state index contributed by atoms with van der Waals surface area (Å²) in [7, 11) is 0. The second kappa shape index (κ2) is 6.38.